The molecule has 0 unspecified atom stereocenters. The third-order valence-electron chi connectivity index (χ3n) is 1.42. The monoisotopic (exact) mass is 259 g/mol. The highest BCUT2D eigenvalue weighted by atomic mass is 32.3. The number of hydrogen-bond acceptors (Lipinski definition) is 6. The van der Waals surface area contributed by atoms with Gasteiger partial charge in [-0.05, 0) is 0 Å². The molecule has 0 aliphatic rings. The summed E-state index contributed by atoms with van der Waals surface area (Å²) >= 11 is 0. The van der Waals surface area contributed by atoms with Crippen LogP contribution in [0.4, 0.5) is 0 Å². The summed E-state index contributed by atoms with van der Waals surface area (Å²) in [6.07, 6.45) is 0.802. The Morgan fingerprint density at radius 2 is 1.73 bits per heavy atom. The van der Waals surface area contributed by atoms with Gasteiger partial charge in [-0.25, -0.2) is 16.8 Å². The lowest BCUT2D eigenvalue weighted by Gasteiger charge is -2.14. The van der Waals surface area contributed by atoms with Gasteiger partial charge >= 0.3 is 5.97 Å². The second-order valence-corrected chi connectivity index (χ2v) is 7.57. The van der Waals surface area contributed by atoms with E-state index in [1.54, 1.807) is 0 Å². The van der Waals surface area contributed by atoms with Crippen LogP contribution in [0.5, 0.6) is 0 Å². The quantitative estimate of drug-likeness (QED) is 0.553. The van der Waals surface area contributed by atoms with Crippen molar-refractivity contribution in [1.82, 2.24) is 4.31 Å². The molecule has 15 heavy (non-hydrogen) atoms. The first kappa shape index (κ1) is 14.3. The van der Waals surface area contributed by atoms with Gasteiger partial charge < -0.3 is 4.74 Å². The summed E-state index contributed by atoms with van der Waals surface area (Å²) in [5.41, 5.74) is 0. The van der Waals surface area contributed by atoms with E-state index in [9.17, 15) is 21.6 Å². The van der Waals surface area contributed by atoms with Gasteiger partial charge in [-0.1, -0.05) is 0 Å². The molecule has 0 aromatic heterocycles. The molecule has 9 heteroatoms. The maximum absolute atomic E-state index is 11.3. The van der Waals surface area contributed by atoms with E-state index in [2.05, 4.69) is 4.74 Å². The molecule has 0 saturated carbocycles. The molecule has 0 aliphatic carbocycles. The van der Waals surface area contributed by atoms with E-state index in [0.717, 1.165) is 20.4 Å². The molecule has 0 aromatic rings. The first-order valence-electron chi connectivity index (χ1n) is 3.77. The molecule has 0 amide bonds. The Bertz CT molecular complexity index is 423. The van der Waals surface area contributed by atoms with Crippen LogP contribution < -0.4 is 0 Å². The molecule has 0 spiro atoms. The molecular formula is C6H13NO6S2. The van der Waals surface area contributed by atoms with Crippen LogP contribution in [-0.4, -0.2) is 59.2 Å². The molecular weight excluding hydrogens is 246 g/mol. The molecule has 0 fully saturated rings. The minimum absolute atomic E-state index is 0.506. The van der Waals surface area contributed by atoms with Crippen molar-refractivity contribution in [2.24, 2.45) is 0 Å². The van der Waals surface area contributed by atoms with Crippen molar-refractivity contribution in [2.75, 3.05) is 32.0 Å². The predicted molar refractivity (Wildman–Crippen MR) is 53.3 cm³/mol. The third-order valence-corrected chi connectivity index (χ3v) is 5.40. The third kappa shape index (κ3) is 5.70. The molecule has 0 heterocycles. The van der Waals surface area contributed by atoms with Gasteiger partial charge in [0.1, 0.15) is 6.54 Å². The average Bonchev–Trinajstić information content (AvgIpc) is 1.99. The van der Waals surface area contributed by atoms with Crippen molar-refractivity contribution < 1.29 is 26.4 Å². The molecule has 0 atom stereocenters. The maximum Gasteiger partial charge on any atom is 0.320 e. The molecule has 0 radical (unpaired) electrons. The standard InChI is InChI=1S/C6H13NO6S2/c1-7(4-6(8)13-2)15(11,12)5-14(3,9)10/h4-5H2,1-3H3. The van der Waals surface area contributed by atoms with Gasteiger partial charge in [-0.15, -0.1) is 0 Å². The summed E-state index contributed by atoms with van der Waals surface area (Å²) < 4.78 is 49.1. The molecule has 0 aliphatic heterocycles. The van der Waals surface area contributed by atoms with Crippen LogP contribution in [-0.2, 0) is 29.4 Å². The zero-order valence-electron chi connectivity index (χ0n) is 8.63. The minimum atomic E-state index is -3.98. The molecule has 7 nitrogen and oxygen atoms in total. The second kappa shape index (κ2) is 4.90. The number of sulfonamides is 1. The highest BCUT2D eigenvalue weighted by Crippen LogP contribution is 2.01. The highest BCUT2D eigenvalue weighted by molar-refractivity contribution is 8.06. The van der Waals surface area contributed by atoms with Crippen molar-refractivity contribution in [3.63, 3.8) is 0 Å². The summed E-state index contributed by atoms with van der Waals surface area (Å²) in [6.45, 7) is -0.506. The van der Waals surface area contributed by atoms with Crippen LogP contribution in [0.2, 0.25) is 0 Å². The largest absolute Gasteiger partial charge is 0.468 e. The van der Waals surface area contributed by atoms with E-state index in [0.29, 0.717) is 4.31 Å². The van der Waals surface area contributed by atoms with Crippen LogP contribution >= 0.6 is 0 Å². The van der Waals surface area contributed by atoms with Gasteiger partial charge in [0.25, 0.3) is 0 Å². The average molecular weight is 259 g/mol. The van der Waals surface area contributed by atoms with E-state index in [1.165, 1.54) is 0 Å². The number of rotatable bonds is 5. The zero-order chi connectivity index (χ0) is 12.3. The normalized spacial score (nSPS) is 12.8. The number of carbonyl (C=O) groups excluding carboxylic acids is 1. The summed E-state index contributed by atoms with van der Waals surface area (Å²) in [7, 11) is -5.41. The fraction of sp³-hybridized carbons (Fsp3) is 0.833. The Morgan fingerprint density at radius 3 is 2.07 bits per heavy atom. The molecule has 0 saturated heterocycles. The smallest absolute Gasteiger partial charge is 0.320 e. The fourth-order valence-corrected chi connectivity index (χ4v) is 3.89. The Balaban J connectivity index is 4.69. The lowest BCUT2D eigenvalue weighted by atomic mass is 10.7. The van der Waals surface area contributed by atoms with Gasteiger partial charge in [-0.2, -0.15) is 4.31 Å². The van der Waals surface area contributed by atoms with Gasteiger partial charge in [0, 0.05) is 13.3 Å². The van der Waals surface area contributed by atoms with E-state index in [1.807, 2.05) is 0 Å². The molecule has 0 N–H and O–H groups in total. The van der Waals surface area contributed by atoms with Crippen molar-refractivity contribution in [2.45, 2.75) is 0 Å². The summed E-state index contributed by atoms with van der Waals surface area (Å²) in [5.74, 6) is -0.755. The van der Waals surface area contributed by atoms with Gasteiger partial charge in [0.2, 0.25) is 10.0 Å². The number of ether oxygens (including phenoxy) is 1. The van der Waals surface area contributed by atoms with Crippen molar-refractivity contribution in [3.05, 3.63) is 0 Å². The molecule has 0 bridgehead atoms. The van der Waals surface area contributed by atoms with E-state index in [-0.39, 0.29) is 0 Å². The number of carbonyl (C=O) groups is 1. The molecule has 0 rings (SSSR count). The Hall–Kier alpha value is -0.670. The first-order valence-corrected chi connectivity index (χ1v) is 7.44. The summed E-state index contributed by atoms with van der Waals surface area (Å²) in [5, 5.41) is -1.02. The maximum atomic E-state index is 11.3. The van der Waals surface area contributed by atoms with Gasteiger partial charge in [0.15, 0.2) is 14.9 Å². The number of methoxy groups -OCH3 is 1. The van der Waals surface area contributed by atoms with Gasteiger partial charge in [0.05, 0.1) is 7.11 Å². The predicted octanol–water partition coefficient (Wildman–Crippen LogP) is -1.58. The van der Waals surface area contributed by atoms with Gasteiger partial charge in [-0.3, -0.25) is 4.79 Å². The first-order chi connectivity index (χ1) is 6.58. The summed E-state index contributed by atoms with van der Waals surface area (Å²) in [6, 6.07) is 0. The zero-order valence-corrected chi connectivity index (χ0v) is 10.3. The van der Waals surface area contributed by atoms with Crippen LogP contribution in [0.1, 0.15) is 0 Å². The van der Waals surface area contributed by atoms with E-state index < -0.39 is 37.5 Å². The molecule has 0 aromatic carbocycles. The van der Waals surface area contributed by atoms with Crippen LogP contribution in [0, 0.1) is 0 Å². The van der Waals surface area contributed by atoms with Crippen molar-refractivity contribution >= 4 is 25.8 Å². The Kier molecular flexibility index (Phi) is 4.68. The number of esters is 1. The molecule has 90 valence electrons. The number of nitrogens with zero attached hydrogens (tertiary/aromatic N) is 1. The van der Waals surface area contributed by atoms with E-state index in [4.69, 9.17) is 0 Å². The topological polar surface area (TPSA) is 97.8 Å². The number of sulfone groups is 1. The minimum Gasteiger partial charge on any atom is -0.468 e. The van der Waals surface area contributed by atoms with Crippen LogP contribution in [0.25, 0.3) is 0 Å². The van der Waals surface area contributed by atoms with Crippen molar-refractivity contribution in [1.29, 1.82) is 0 Å². The van der Waals surface area contributed by atoms with Crippen LogP contribution in [0.15, 0.2) is 0 Å². The second-order valence-electron chi connectivity index (χ2n) is 2.99. The number of hydrogen-bond donors (Lipinski definition) is 0. The van der Waals surface area contributed by atoms with Crippen molar-refractivity contribution in [3.8, 4) is 0 Å². The highest BCUT2D eigenvalue weighted by Gasteiger charge is 2.25. The number of likely N-dealkylation sites (N-methyl/N-ethyl adjacent to an activating group) is 1. The Morgan fingerprint density at radius 1 is 1.27 bits per heavy atom. The van der Waals surface area contributed by atoms with E-state index >= 15 is 0 Å². The summed E-state index contributed by atoms with van der Waals surface area (Å²) in [4.78, 5) is 10.8. The van der Waals surface area contributed by atoms with Crippen LogP contribution in [0.3, 0.4) is 0 Å². The SMILES string of the molecule is COC(=O)CN(C)S(=O)(=O)CS(C)(=O)=O. The Labute approximate surface area is 89.0 Å². The lowest BCUT2D eigenvalue weighted by molar-refractivity contribution is -0.140. The lowest BCUT2D eigenvalue weighted by Crippen LogP contribution is -2.36. The fourth-order valence-electron chi connectivity index (χ4n) is 0.705.